The summed E-state index contributed by atoms with van der Waals surface area (Å²) < 4.78 is 5.22. The molecule has 5 rings (SSSR count). The number of anilines is 1. The summed E-state index contributed by atoms with van der Waals surface area (Å²) in [4.78, 5) is 2.24. The fourth-order valence-corrected chi connectivity index (χ4v) is 3.87. The van der Waals surface area contributed by atoms with Gasteiger partial charge in [-0.05, 0) is 48.5 Å². The Kier molecular flexibility index (Phi) is 4.85. The van der Waals surface area contributed by atoms with E-state index in [-0.39, 0.29) is 0 Å². The number of hydrogen-bond acceptors (Lipinski definition) is 5. The Morgan fingerprint density at radius 1 is 0.933 bits per heavy atom. The highest BCUT2D eigenvalue weighted by Crippen LogP contribution is 2.31. The molecule has 0 bridgehead atoms. The molecule has 4 aromatic rings. The predicted molar refractivity (Wildman–Crippen MR) is 118 cm³/mol. The van der Waals surface area contributed by atoms with Crippen LogP contribution in [0.2, 0.25) is 5.02 Å². The van der Waals surface area contributed by atoms with Crippen molar-refractivity contribution < 1.29 is 4.74 Å². The Morgan fingerprint density at radius 2 is 1.70 bits per heavy atom. The molecule has 2 aromatic heterocycles. The normalized spacial score (nSPS) is 13.2. The van der Waals surface area contributed by atoms with Crippen molar-refractivity contribution in [3.63, 3.8) is 0 Å². The molecular formula is C23H20ClN5O. The number of hydrogen-bond donors (Lipinski definition) is 1. The van der Waals surface area contributed by atoms with E-state index < -0.39 is 0 Å². The molecule has 150 valence electrons. The van der Waals surface area contributed by atoms with E-state index in [9.17, 15) is 0 Å². The van der Waals surface area contributed by atoms with Gasteiger partial charge < -0.3 is 9.64 Å². The molecule has 0 amide bonds. The summed E-state index contributed by atoms with van der Waals surface area (Å²) in [6.07, 6.45) is 0.887. The largest absolute Gasteiger partial charge is 0.497 e. The quantitative estimate of drug-likeness (QED) is 0.518. The Balaban J connectivity index is 1.38. The van der Waals surface area contributed by atoms with E-state index in [1.807, 2.05) is 60.7 Å². The van der Waals surface area contributed by atoms with Gasteiger partial charge in [-0.15, -0.1) is 10.2 Å². The highest BCUT2D eigenvalue weighted by molar-refractivity contribution is 6.30. The van der Waals surface area contributed by atoms with Gasteiger partial charge in [-0.2, -0.15) is 5.10 Å². The number of nitrogens with zero attached hydrogens (tertiary/aromatic N) is 4. The van der Waals surface area contributed by atoms with Crippen LogP contribution in [-0.4, -0.2) is 34.0 Å². The molecule has 1 aliphatic rings. The van der Waals surface area contributed by atoms with Crippen molar-refractivity contribution in [2.45, 2.75) is 13.0 Å². The molecule has 1 N–H and O–H groups in total. The average Bonchev–Trinajstić information content (AvgIpc) is 3.23. The second-order valence-electron chi connectivity index (χ2n) is 7.21. The third kappa shape index (κ3) is 3.50. The van der Waals surface area contributed by atoms with E-state index in [2.05, 4.69) is 25.3 Å². The molecule has 0 saturated carbocycles. The highest BCUT2D eigenvalue weighted by Gasteiger charge is 2.24. The molecule has 0 unspecified atom stereocenters. The number of aromatic amines is 1. The van der Waals surface area contributed by atoms with Gasteiger partial charge in [0.25, 0.3) is 0 Å². The second kappa shape index (κ2) is 7.80. The van der Waals surface area contributed by atoms with Gasteiger partial charge in [-0.3, -0.25) is 5.10 Å². The minimum atomic E-state index is 0.719. The van der Waals surface area contributed by atoms with Crippen molar-refractivity contribution in [3.8, 4) is 28.3 Å². The molecule has 0 aliphatic carbocycles. The first-order valence-electron chi connectivity index (χ1n) is 9.76. The second-order valence-corrected chi connectivity index (χ2v) is 7.65. The summed E-state index contributed by atoms with van der Waals surface area (Å²) in [6.45, 7) is 1.60. The number of fused-ring (bicyclic) bond motifs is 1. The van der Waals surface area contributed by atoms with Gasteiger partial charge in [-0.25, -0.2) is 0 Å². The number of H-pyrrole nitrogens is 1. The van der Waals surface area contributed by atoms with Crippen LogP contribution in [0.15, 0.2) is 60.7 Å². The zero-order valence-electron chi connectivity index (χ0n) is 16.5. The van der Waals surface area contributed by atoms with E-state index in [1.165, 1.54) is 11.3 Å². The van der Waals surface area contributed by atoms with Gasteiger partial charge in [0.1, 0.15) is 5.75 Å². The maximum atomic E-state index is 6.03. The molecule has 30 heavy (non-hydrogen) atoms. The first-order chi connectivity index (χ1) is 14.7. The summed E-state index contributed by atoms with van der Waals surface area (Å²) in [6, 6.07) is 19.6. The fourth-order valence-electron chi connectivity index (χ4n) is 3.75. The average molecular weight is 418 g/mol. The summed E-state index contributed by atoms with van der Waals surface area (Å²) in [5.41, 5.74) is 6.25. The third-order valence-corrected chi connectivity index (χ3v) is 5.66. The van der Waals surface area contributed by atoms with Crippen molar-refractivity contribution in [2.24, 2.45) is 0 Å². The van der Waals surface area contributed by atoms with Crippen molar-refractivity contribution in [1.29, 1.82) is 0 Å². The lowest BCUT2D eigenvalue weighted by Gasteiger charge is -2.27. The molecule has 0 fully saturated rings. The van der Waals surface area contributed by atoms with Gasteiger partial charge in [0, 0.05) is 46.9 Å². The van der Waals surface area contributed by atoms with Crippen LogP contribution in [0.1, 0.15) is 11.3 Å². The Morgan fingerprint density at radius 3 is 2.40 bits per heavy atom. The van der Waals surface area contributed by atoms with Gasteiger partial charge >= 0.3 is 0 Å². The Labute approximate surface area is 179 Å². The van der Waals surface area contributed by atoms with Crippen LogP contribution in [-0.2, 0) is 13.0 Å². The fraction of sp³-hybridized carbons (Fsp3) is 0.174. The summed E-state index contributed by atoms with van der Waals surface area (Å²) in [5.74, 6) is 1.69. The maximum Gasteiger partial charge on any atom is 0.151 e. The molecule has 0 atom stereocenters. The molecule has 3 heterocycles. The Hall–Kier alpha value is -3.38. The lowest BCUT2D eigenvalue weighted by atomic mass is 10.0. The zero-order valence-corrected chi connectivity index (χ0v) is 17.2. The summed E-state index contributed by atoms with van der Waals surface area (Å²) in [7, 11) is 1.66. The van der Waals surface area contributed by atoms with Gasteiger partial charge in [0.05, 0.1) is 18.5 Å². The number of rotatable bonds is 4. The molecule has 0 spiro atoms. The number of aromatic nitrogens is 4. The van der Waals surface area contributed by atoms with Crippen LogP contribution in [0.4, 0.5) is 5.82 Å². The van der Waals surface area contributed by atoms with Crippen LogP contribution < -0.4 is 9.64 Å². The minimum absolute atomic E-state index is 0.719. The lowest BCUT2D eigenvalue weighted by Crippen LogP contribution is -2.31. The van der Waals surface area contributed by atoms with Crippen LogP contribution >= 0.6 is 11.6 Å². The molecule has 0 saturated heterocycles. The maximum absolute atomic E-state index is 6.03. The number of halogens is 1. The van der Waals surface area contributed by atoms with E-state index in [0.29, 0.717) is 0 Å². The monoisotopic (exact) mass is 417 g/mol. The van der Waals surface area contributed by atoms with Crippen molar-refractivity contribution in [2.75, 3.05) is 18.6 Å². The van der Waals surface area contributed by atoms with Crippen molar-refractivity contribution in [3.05, 3.63) is 76.9 Å². The Bertz CT molecular complexity index is 1150. The molecular weight excluding hydrogens is 398 g/mol. The molecule has 1 aliphatic heterocycles. The SMILES string of the molecule is COc1ccc(-c2ccc(N3CCc4[nH]nc(-c5ccc(Cl)cc5)c4C3)nn2)cc1. The first kappa shape index (κ1) is 18.6. The zero-order chi connectivity index (χ0) is 20.5. The van der Waals surface area contributed by atoms with Crippen LogP contribution in [0.3, 0.4) is 0 Å². The van der Waals surface area contributed by atoms with Crippen LogP contribution in [0.5, 0.6) is 5.75 Å². The molecule has 6 nitrogen and oxygen atoms in total. The first-order valence-corrected chi connectivity index (χ1v) is 10.1. The highest BCUT2D eigenvalue weighted by atomic mass is 35.5. The molecule has 7 heteroatoms. The van der Waals surface area contributed by atoms with E-state index >= 15 is 0 Å². The van der Waals surface area contributed by atoms with E-state index in [4.69, 9.17) is 16.3 Å². The van der Waals surface area contributed by atoms with Crippen LogP contribution in [0.25, 0.3) is 22.5 Å². The number of benzene rings is 2. The summed E-state index contributed by atoms with van der Waals surface area (Å²) >= 11 is 6.03. The van der Waals surface area contributed by atoms with Gasteiger partial charge in [0.15, 0.2) is 5.82 Å². The minimum Gasteiger partial charge on any atom is -0.497 e. The molecule has 0 radical (unpaired) electrons. The van der Waals surface area contributed by atoms with Gasteiger partial charge in [0.2, 0.25) is 0 Å². The molecule has 2 aromatic carbocycles. The smallest absolute Gasteiger partial charge is 0.151 e. The van der Waals surface area contributed by atoms with Gasteiger partial charge in [-0.1, -0.05) is 23.7 Å². The van der Waals surface area contributed by atoms with Crippen molar-refractivity contribution >= 4 is 17.4 Å². The van der Waals surface area contributed by atoms with E-state index in [1.54, 1.807) is 7.11 Å². The van der Waals surface area contributed by atoms with Crippen molar-refractivity contribution in [1.82, 2.24) is 20.4 Å². The van der Waals surface area contributed by atoms with Crippen LogP contribution in [0, 0.1) is 0 Å². The topological polar surface area (TPSA) is 66.9 Å². The summed E-state index contributed by atoms with van der Waals surface area (Å²) in [5, 5.41) is 17.4. The standard InChI is InChI=1S/C23H20ClN5O/c1-30-18-8-4-15(5-9-18)20-10-11-22(27-25-20)29-13-12-21-19(14-29)23(28-26-21)16-2-6-17(24)7-3-16/h2-11H,12-14H2,1H3,(H,26,28). The number of ether oxygens (including phenoxy) is 1. The lowest BCUT2D eigenvalue weighted by molar-refractivity contribution is 0.415. The number of nitrogens with one attached hydrogen (secondary N) is 1. The number of methoxy groups -OCH3 is 1. The van der Waals surface area contributed by atoms with E-state index in [0.717, 1.165) is 58.6 Å². The predicted octanol–water partition coefficient (Wildman–Crippen LogP) is 4.76. The third-order valence-electron chi connectivity index (χ3n) is 5.41.